The average Bonchev–Trinajstić information content (AvgIpc) is 2.01. The van der Waals surface area contributed by atoms with Crippen molar-refractivity contribution in [2.24, 2.45) is 17.4 Å². The van der Waals surface area contributed by atoms with Gasteiger partial charge >= 0.3 is 0 Å². The van der Waals surface area contributed by atoms with Gasteiger partial charge in [0.2, 0.25) is 5.91 Å². The Morgan fingerprint density at radius 3 is 2.57 bits per heavy atom. The monoisotopic (exact) mass is 199 g/mol. The van der Waals surface area contributed by atoms with Crippen LogP contribution >= 0.6 is 0 Å². The van der Waals surface area contributed by atoms with Gasteiger partial charge in [-0.2, -0.15) is 0 Å². The predicted octanol–water partition coefficient (Wildman–Crippen LogP) is -0.0790. The van der Waals surface area contributed by atoms with Crippen LogP contribution in [0.1, 0.15) is 26.2 Å². The van der Waals surface area contributed by atoms with E-state index in [0.717, 1.165) is 13.1 Å². The molecular weight excluding hydrogens is 178 g/mol. The van der Waals surface area contributed by atoms with Crippen LogP contribution < -0.4 is 11.5 Å². The molecule has 4 heteroatoms. The molecule has 0 aliphatic heterocycles. The second-order valence-electron chi connectivity index (χ2n) is 4.17. The summed E-state index contributed by atoms with van der Waals surface area (Å²) in [6.45, 7) is 4.17. The molecule has 0 heterocycles. The molecule has 1 saturated carbocycles. The lowest BCUT2D eigenvalue weighted by molar-refractivity contribution is -0.122. The summed E-state index contributed by atoms with van der Waals surface area (Å²) in [5, 5.41) is 0. The minimum absolute atomic E-state index is 0.0675. The Hall–Kier alpha value is -0.610. The van der Waals surface area contributed by atoms with Crippen molar-refractivity contribution in [3.8, 4) is 0 Å². The molecule has 1 rings (SSSR count). The third kappa shape index (κ3) is 2.96. The van der Waals surface area contributed by atoms with Crippen molar-refractivity contribution in [2.45, 2.75) is 32.2 Å². The molecule has 1 atom stereocenters. The van der Waals surface area contributed by atoms with Crippen LogP contribution in [0.25, 0.3) is 0 Å². The Balaban J connectivity index is 2.37. The van der Waals surface area contributed by atoms with Crippen molar-refractivity contribution in [2.75, 3.05) is 19.6 Å². The van der Waals surface area contributed by atoms with Gasteiger partial charge in [0, 0.05) is 31.6 Å². The van der Waals surface area contributed by atoms with Gasteiger partial charge in [0.25, 0.3) is 0 Å². The van der Waals surface area contributed by atoms with E-state index < -0.39 is 0 Å². The number of primary amides is 1. The predicted molar refractivity (Wildman–Crippen MR) is 56.6 cm³/mol. The van der Waals surface area contributed by atoms with Crippen LogP contribution in [0.5, 0.6) is 0 Å². The molecule has 82 valence electrons. The van der Waals surface area contributed by atoms with Crippen LogP contribution in [-0.4, -0.2) is 36.5 Å². The summed E-state index contributed by atoms with van der Waals surface area (Å²) in [7, 11) is 0. The van der Waals surface area contributed by atoms with Crippen LogP contribution in [0, 0.1) is 5.92 Å². The van der Waals surface area contributed by atoms with E-state index in [9.17, 15) is 4.79 Å². The fraction of sp³-hybridized carbons (Fsp3) is 0.900. The molecular formula is C10H21N3O. The molecule has 1 aliphatic rings. The zero-order valence-electron chi connectivity index (χ0n) is 8.91. The first kappa shape index (κ1) is 11.5. The Labute approximate surface area is 85.6 Å². The molecule has 1 unspecified atom stereocenters. The standard InChI is InChI=1S/C10H21N3O/c1-8(10(12)14)7-13(6-5-11)9-3-2-4-9/h8-9H,2-7,11H2,1H3,(H2,12,14). The van der Waals surface area contributed by atoms with E-state index in [1.165, 1.54) is 19.3 Å². The molecule has 0 radical (unpaired) electrons. The molecule has 0 aromatic heterocycles. The SMILES string of the molecule is CC(CN(CCN)C1CCC1)C(N)=O. The van der Waals surface area contributed by atoms with E-state index in [0.29, 0.717) is 12.6 Å². The maximum absolute atomic E-state index is 10.9. The van der Waals surface area contributed by atoms with Gasteiger partial charge in [-0.05, 0) is 12.8 Å². The summed E-state index contributed by atoms with van der Waals surface area (Å²) in [4.78, 5) is 13.2. The van der Waals surface area contributed by atoms with Crippen LogP contribution in [0.4, 0.5) is 0 Å². The highest BCUT2D eigenvalue weighted by atomic mass is 16.1. The maximum atomic E-state index is 10.9. The van der Waals surface area contributed by atoms with Gasteiger partial charge in [-0.3, -0.25) is 9.69 Å². The van der Waals surface area contributed by atoms with Crippen molar-refractivity contribution in [1.29, 1.82) is 0 Å². The lowest BCUT2D eigenvalue weighted by Crippen LogP contribution is -2.46. The fourth-order valence-corrected chi connectivity index (χ4v) is 1.78. The molecule has 1 amide bonds. The maximum Gasteiger partial charge on any atom is 0.221 e. The van der Waals surface area contributed by atoms with Crippen LogP contribution in [-0.2, 0) is 4.79 Å². The molecule has 1 aliphatic carbocycles. The zero-order valence-corrected chi connectivity index (χ0v) is 8.91. The van der Waals surface area contributed by atoms with E-state index in [4.69, 9.17) is 11.5 Å². The Kier molecular flexibility index (Phi) is 4.35. The van der Waals surface area contributed by atoms with Gasteiger partial charge in [-0.1, -0.05) is 13.3 Å². The second kappa shape index (κ2) is 5.32. The molecule has 0 saturated heterocycles. The highest BCUT2D eigenvalue weighted by Crippen LogP contribution is 2.24. The van der Waals surface area contributed by atoms with Crippen LogP contribution in [0.15, 0.2) is 0 Å². The minimum atomic E-state index is -0.216. The number of amides is 1. The lowest BCUT2D eigenvalue weighted by Gasteiger charge is -2.38. The highest BCUT2D eigenvalue weighted by molar-refractivity contribution is 5.76. The number of hydrogen-bond donors (Lipinski definition) is 2. The van der Waals surface area contributed by atoms with Crippen molar-refractivity contribution in [3.05, 3.63) is 0 Å². The Morgan fingerprint density at radius 1 is 1.57 bits per heavy atom. The topological polar surface area (TPSA) is 72.3 Å². The molecule has 4 nitrogen and oxygen atoms in total. The number of hydrogen-bond acceptors (Lipinski definition) is 3. The molecule has 0 bridgehead atoms. The first-order chi connectivity index (χ1) is 6.65. The summed E-state index contributed by atoms with van der Waals surface area (Å²) in [6.07, 6.45) is 3.79. The number of nitrogens with zero attached hydrogens (tertiary/aromatic N) is 1. The quantitative estimate of drug-likeness (QED) is 0.628. The van der Waals surface area contributed by atoms with Crippen molar-refractivity contribution in [1.82, 2.24) is 4.90 Å². The first-order valence-corrected chi connectivity index (χ1v) is 5.38. The lowest BCUT2D eigenvalue weighted by atomic mass is 9.90. The molecule has 0 aromatic carbocycles. The van der Waals surface area contributed by atoms with E-state index in [2.05, 4.69) is 4.90 Å². The summed E-state index contributed by atoms with van der Waals surface area (Å²) >= 11 is 0. The molecule has 0 spiro atoms. The molecule has 14 heavy (non-hydrogen) atoms. The smallest absolute Gasteiger partial charge is 0.221 e. The Morgan fingerprint density at radius 2 is 2.21 bits per heavy atom. The normalized spacial score (nSPS) is 19.4. The zero-order chi connectivity index (χ0) is 10.6. The van der Waals surface area contributed by atoms with Crippen molar-refractivity contribution in [3.63, 3.8) is 0 Å². The summed E-state index contributed by atoms with van der Waals surface area (Å²) in [6, 6.07) is 0.639. The van der Waals surface area contributed by atoms with Crippen molar-refractivity contribution >= 4 is 5.91 Å². The minimum Gasteiger partial charge on any atom is -0.369 e. The number of carbonyl (C=O) groups is 1. The van der Waals surface area contributed by atoms with Gasteiger partial charge in [0.1, 0.15) is 0 Å². The van der Waals surface area contributed by atoms with Crippen LogP contribution in [0.2, 0.25) is 0 Å². The number of carbonyl (C=O) groups excluding carboxylic acids is 1. The third-order valence-corrected chi connectivity index (χ3v) is 3.00. The van der Waals surface area contributed by atoms with E-state index in [1.807, 2.05) is 6.92 Å². The van der Waals surface area contributed by atoms with Gasteiger partial charge in [-0.25, -0.2) is 0 Å². The molecule has 0 aromatic rings. The van der Waals surface area contributed by atoms with Crippen molar-refractivity contribution < 1.29 is 4.79 Å². The average molecular weight is 199 g/mol. The first-order valence-electron chi connectivity index (χ1n) is 5.38. The van der Waals surface area contributed by atoms with Crippen LogP contribution in [0.3, 0.4) is 0 Å². The number of rotatable bonds is 6. The third-order valence-electron chi connectivity index (χ3n) is 3.00. The van der Waals surface area contributed by atoms with Gasteiger partial charge in [0.05, 0.1) is 0 Å². The highest BCUT2D eigenvalue weighted by Gasteiger charge is 2.26. The second-order valence-corrected chi connectivity index (χ2v) is 4.17. The summed E-state index contributed by atoms with van der Waals surface area (Å²) < 4.78 is 0. The van der Waals surface area contributed by atoms with E-state index in [-0.39, 0.29) is 11.8 Å². The van der Waals surface area contributed by atoms with Gasteiger partial charge in [-0.15, -0.1) is 0 Å². The molecule has 1 fully saturated rings. The Bertz CT molecular complexity index is 192. The van der Waals surface area contributed by atoms with E-state index in [1.54, 1.807) is 0 Å². The largest absolute Gasteiger partial charge is 0.369 e. The fourth-order valence-electron chi connectivity index (χ4n) is 1.78. The number of nitrogens with two attached hydrogens (primary N) is 2. The molecule has 4 N–H and O–H groups in total. The summed E-state index contributed by atoms with van der Waals surface area (Å²) in [5.74, 6) is -0.284. The van der Waals surface area contributed by atoms with Gasteiger partial charge < -0.3 is 11.5 Å². The van der Waals surface area contributed by atoms with Gasteiger partial charge in [0.15, 0.2) is 0 Å². The summed E-state index contributed by atoms with van der Waals surface area (Å²) in [5.41, 5.74) is 10.8. The van der Waals surface area contributed by atoms with E-state index >= 15 is 0 Å².